The second-order valence-electron chi connectivity index (χ2n) is 10.3. The van der Waals surface area contributed by atoms with Crippen molar-refractivity contribution >= 4 is 30.1 Å². The summed E-state index contributed by atoms with van der Waals surface area (Å²) in [7, 11) is -5.87. The van der Waals surface area contributed by atoms with Crippen molar-refractivity contribution in [1.29, 1.82) is 0 Å². The van der Waals surface area contributed by atoms with Gasteiger partial charge < -0.3 is 13.9 Å². The van der Waals surface area contributed by atoms with Crippen LogP contribution in [0.25, 0.3) is 0 Å². The summed E-state index contributed by atoms with van der Waals surface area (Å²) in [5, 5.41) is 1.05. The number of terminal acetylenes is 1. The van der Waals surface area contributed by atoms with Crippen LogP contribution in [0, 0.1) is 23.7 Å². The third-order valence-corrected chi connectivity index (χ3v) is 12.8. The lowest BCUT2D eigenvalue weighted by atomic mass is 9.70. The van der Waals surface area contributed by atoms with E-state index in [0.717, 1.165) is 5.41 Å². The standard InChI is InChI=1S/C28H42O7SSi/c1-9-20-28(25(29)33-10-2,26(30)34-11-3)23(16-15-21-35-37(7,8)27(4,5)6)19-22-36(31,32)24-17-13-12-14-18-24/h1,12-14,17-19,22-23H,10-11,15-16,20-21H2,2-8H3/b22-19+. The lowest BCUT2D eigenvalue weighted by Gasteiger charge is -2.37. The number of hydrogen-bond donors (Lipinski definition) is 0. The van der Waals surface area contributed by atoms with Gasteiger partial charge in [-0.15, -0.1) is 12.3 Å². The molecule has 7 nitrogen and oxygen atoms in total. The Balaban J connectivity index is 3.50. The van der Waals surface area contributed by atoms with Crippen molar-refractivity contribution in [3.05, 3.63) is 41.8 Å². The van der Waals surface area contributed by atoms with Gasteiger partial charge in [0.2, 0.25) is 0 Å². The molecule has 0 aromatic heterocycles. The van der Waals surface area contributed by atoms with Crippen molar-refractivity contribution in [3.8, 4) is 12.3 Å². The van der Waals surface area contributed by atoms with Crippen LogP contribution >= 0.6 is 0 Å². The van der Waals surface area contributed by atoms with E-state index in [1.165, 1.54) is 18.2 Å². The highest BCUT2D eigenvalue weighted by atomic mass is 32.2. The number of ether oxygens (including phenoxy) is 2. The molecule has 0 aliphatic heterocycles. The summed E-state index contributed by atoms with van der Waals surface area (Å²) in [6.07, 6.45) is 7.43. The van der Waals surface area contributed by atoms with E-state index in [9.17, 15) is 18.0 Å². The van der Waals surface area contributed by atoms with Crippen LogP contribution in [0.2, 0.25) is 18.1 Å². The molecule has 0 saturated carbocycles. The van der Waals surface area contributed by atoms with Crippen LogP contribution in [0.1, 0.15) is 53.9 Å². The maximum absolute atomic E-state index is 13.3. The van der Waals surface area contributed by atoms with Gasteiger partial charge in [-0.2, -0.15) is 0 Å². The number of allylic oxidation sites excluding steroid dienone is 1. The summed E-state index contributed by atoms with van der Waals surface area (Å²) in [6.45, 7) is 14.4. The molecule has 0 bridgehead atoms. The average Bonchev–Trinajstić information content (AvgIpc) is 2.82. The molecular formula is C28H42O7SSi. The summed E-state index contributed by atoms with van der Waals surface area (Å²) >= 11 is 0. The zero-order valence-electron chi connectivity index (χ0n) is 23.2. The van der Waals surface area contributed by atoms with Gasteiger partial charge in [-0.3, -0.25) is 9.59 Å². The Labute approximate surface area is 224 Å². The zero-order chi connectivity index (χ0) is 28.3. The molecule has 0 N–H and O–H groups in total. The van der Waals surface area contributed by atoms with Gasteiger partial charge in [-0.1, -0.05) is 45.0 Å². The summed E-state index contributed by atoms with van der Waals surface area (Å²) < 4.78 is 42.9. The molecule has 0 aliphatic carbocycles. The van der Waals surface area contributed by atoms with Crippen molar-refractivity contribution in [2.45, 2.75) is 76.9 Å². The van der Waals surface area contributed by atoms with Crippen molar-refractivity contribution in [2.75, 3.05) is 19.8 Å². The van der Waals surface area contributed by atoms with E-state index in [4.69, 9.17) is 20.3 Å². The molecule has 0 spiro atoms. The topological polar surface area (TPSA) is 96.0 Å². The Kier molecular flexibility index (Phi) is 12.3. The van der Waals surface area contributed by atoms with Gasteiger partial charge in [0.15, 0.2) is 23.6 Å². The van der Waals surface area contributed by atoms with Crippen LogP contribution in [-0.4, -0.2) is 48.5 Å². The molecule has 1 rings (SSSR count). The minimum Gasteiger partial charge on any atom is -0.465 e. The minimum absolute atomic E-state index is 0.0131. The maximum Gasteiger partial charge on any atom is 0.325 e. The molecule has 206 valence electrons. The van der Waals surface area contributed by atoms with Gasteiger partial charge in [-0.05, 0) is 57.0 Å². The van der Waals surface area contributed by atoms with E-state index < -0.39 is 41.4 Å². The second-order valence-corrected chi connectivity index (χ2v) is 17.0. The van der Waals surface area contributed by atoms with Crippen molar-refractivity contribution in [1.82, 2.24) is 0 Å². The predicted molar refractivity (Wildman–Crippen MR) is 148 cm³/mol. The largest absolute Gasteiger partial charge is 0.465 e. The minimum atomic E-state index is -3.84. The normalized spacial score (nSPS) is 13.7. The number of rotatable bonds is 14. The summed E-state index contributed by atoms with van der Waals surface area (Å²) in [6, 6.07) is 7.92. The molecule has 0 fully saturated rings. The molecular weight excluding hydrogens is 508 g/mol. The van der Waals surface area contributed by atoms with Crippen LogP contribution in [0.15, 0.2) is 46.7 Å². The van der Waals surface area contributed by atoms with Gasteiger partial charge in [0.25, 0.3) is 0 Å². The Morgan fingerprint density at radius 3 is 2.05 bits per heavy atom. The monoisotopic (exact) mass is 550 g/mol. The quantitative estimate of drug-likeness (QED) is 0.0988. The van der Waals surface area contributed by atoms with Gasteiger partial charge in [-0.25, -0.2) is 8.42 Å². The highest BCUT2D eigenvalue weighted by Gasteiger charge is 2.53. The average molecular weight is 551 g/mol. The van der Waals surface area contributed by atoms with E-state index in [-0.39, 0.29) is 36.0 Å². The number of benzene rings is 1. The van der Waals surface area contributed by atoms with Crippen molar-refractivity contribution < 1.29 is 31.9 Å². The van der Waals surface area contributed by atoms with E-state index in [1.807, 2.05) is 0 Å². The SMILES string of the molecule is C#CCC(C(=O)OCC)(C(=O)OCC)C(/C=C/S(=O)(=O)c1ccccc1)CCCO[Si](C)(C)C(C)(C)C. The molecule has 0 aliphatic rings. The Hall–Kier alpha value is -2.41. The number of esters is 2. The first kappa shape index (κ1) is 32.6. The maximum atomic E-state index is 13.3. The number of sulfone groups is 1. The van der Waals surface area contributed by atoms with Crippen molar-refractivity contribution in [3.63, 3.8) is 0 Å². The van der Waals surface area contributed by atoms with Gasteiger partial charge in [0, 0.05) is 24.4 Å². The van der Waals surface area contributed by atoms with E-state index in [0.29, 0.717) is 13.0 Å². The zero-order valence-corrected chi connectivity index (χ0v) is 25.0. The van der Waals surface area contributed by atoms with Gasteiger partial charge in [0.05, 0.1) is 18.1 Å². The molecule has 0 radical (unpaired) electrons. The molecule has 1 unspecified atom stereocenters. The fourth-order valence-corrected chi connectivity index (χ4v) is 5.76. The Morgan fingerprint density at radius 1 is 1.05 bits per heavy atom. The number of carbonyl (C=O) groups excluding carboxylic acids is 2. The molecule has 9 heteroatoms. The number of carbonyl (C=O) groups is 2. The van der Waals surface area contributed by atoms with E-state index >= 15 is 0 Å². The lowest BCUT2D eigenvalue weighted by Crippen LogP contribution is -2.47. The fourth-order valence-electron chi connectivity index (χ4n) is 3.58. The Bertz CT molecular complexity index is 1050. The first-order chi connectivity index (χ1) is 17.2. The molecule has 1 atom stereocenters. The predicted octanol–water partition coefficient (Wildman–Crippen LogP) is 5.53. The lowest BCUT2D eigenvalue weighted by molar-refractivity contribution is -0.175. The third kappa shape index (κ3) is 8.55. The number of hydrogen-bond acceptors (Lipinski definition) is 7. The first-order valence-corrected chi connectivity index (χ1v) is 17.0. The molecule has 1 aromatic rings. The molecule has 37 heavy (non-hydrogen) atoms. The summed E-state index contributed by atoms with van der Waals surface area (Å²) in [5.41, 5.74) is -1.89. The molecule has 0 heterocycles. The van der Waals surface area contributed by atoms with E-state index in [1.54, 1.807) is 32.0 Å². The van der Waals surface area contributed by atoms with E-state index in [2.05, 4.69) is 39.8 Å². The van der Waals surface area contributed by atoms with Gasteiger partial charge >= 0.3 is 11.9 Å². The van der Waals surface area contributed by atoms with Crippen LogP contribution in [0.3, 0.4) is 0 Å². The fraction of sp³-hybridized carbons (Fsp3) is 0.571. The molecule has 0 amide bonds. The Morgan fingerprint density at radius 2 is 1.59 bits per heavy atom. The highest BCUT2D eigenvalue weighted by molar-refractivity contribution is 7.94. The van der Waals surface area contributed by atoms with Crippen LogP contribution < -0.4 is 0 Å². The van der Waals surface area contributed by atoms with Crippen molar-refractivity contribution in [2.24, 2.45) is 11.3 Å². The van der Waals surface area contributed by atoms with Gasteiger partial charge in [0.1, 0.15) is 0 Å². The smallest absolute Gasteiger partial charge is 0.325 e. The second kappa shape index (κ2) is 13.9. The molecule has 1 aromatic carbocycles. The highest BCUT2D eigenvalue weighted by Crippen LogP contribution is 2.40. The molecule has 0 saturated heterocycles. The summed E-state index contributed by atoms with van der Waals surface area (Å²) in [5.74, 6) is -0.138. The summed E-state index contributed by atoms with van der Waals surface area (Å²) in [4.78, 5) is 26.7. The van der Waals surface area contributed by atoms with Crippen LogP contribution in [0.4, 0.5) is 0 Å². The first-order valence-electron chi connectivity index (χ1n) is 12.6. The van der Waals surface area contributed by atoms with Crippen LogP contribution in [0.5, 0.6) is 0 Å². The third-order valence-electron chi connectivity index (χ3n) is 6.78. The van der Waals surface area contributed by atoms with Crippen LogP contribution in [-0.2, 0) is 33.3 Å².